The van der Waals surface area contributed by atoms with Gasteiger partial charge in [0, 0.05) is 19.7 Å². The van der Waals surface area contributed by atoms with Crippen molar-refractivity contribution >= 4 is 17.7 Å². The van der Waals surface area contributed by atoms with Crippen LogP contribution >= 0.6 is 0 Å². The van der Waals surface area contributed by atoms with E-state index in [1.165, 1.54) is 12.1 Å². The first-order chi connectivity index (χ1) is 8.93. The van der Waals surface area contributed by atoms with E-state index < -0.39 is 11.8 Å². The van der Waals surface area contributed by atoms with Gasteiger partial charge in [0.2, 0.25) is 0 Å². The number of anilines is 1. The fraction of sp³-hybridized carbons (Fsp3) is 0.286. The van der Waals surface area contributed by atoms with Crippen molar-refractivity contribution in [3.8, 4) is 6.07 Å². The van der Waals surface area contributed by atoms with Crippen molar-refractivity contribution < 1.29 is 14.3 Å². The molecule has 1 aromatic carbocycles. The monoisotopic (exact) mass is 262 g/mol. The van der Waals surface area contributed by atoms with E-state index in [-0.39, 0.29) is 5.92 Å². The minimum absolute atomic E-state index is 0.198. The number of aliphatic carboxylic acids is 1. The molecule has 0 aliphatic carbocycles. The highest BCUT2D eigenvalue weighted by Gasteiger charge is 2.10. The van der Waals surface area contributed by atoms with Crippen LogP contribution in [0, 0.1) is 23.1 Å². The Hall–Kier alpha value is -2.35. The number of nitrogens with zero attached hydrogens (tertiary/aromatic N) is 2. The SMILES string of the molecule is CC(C#N)CN(C)c1ccc(/C=C/C(=O)O)cc1F. The number of carboxylic acid groups (broad SMARTS) is 1. The summed E-state index contributed by atoms with van der Waals surface area (Å²) >= 11 is 0. The van der Waals surface area contributed by atoms with Crippen LogP contribution in [-0.2, 0) is 4.79 Å². The van der Waals surface area contributed by atoms with Crippen molar-refractivity contribution in [2.75, 3.05) is 18.5 Å². The van der Waals surface area contributed by atoms with Crippen LogP contribution < -0.4 is 4.90 Å². The number of benzene rings is 1. The zero-order valence-corrected chi connectivity index (χ0v) is 10.8. The van der Waals surface area contributed by atoms with Crippen LogP contribution in [0.3, 0.4) is 0 Å². The number of carbonyl (C=O) groups is 1. The zero-order valence-electron chi connectivity index (χ0n) is 10.8. The summed E-state index contributed by atoms with van der Waals surface area (Å²) in [6, 6.07) is 6.56. The number of hydrogen-bond donors (Lipinski definition) is 1. The Labute approximate surface area is 111 Å². The van der Waals surface area contributed by atoms with E-state index in [2.05, 4.69) is 6.07 Å². The molecule has 1 rings (SSSR count). The van der Waals surface area contributed by atoms with Crippen LogP contribution in [-0.4, -0.2) is 24.7 Å². The standard InChI is InChI=1S/C14H15FN2O2/c1-10(8-16)9-17(2)13-5-3-11(7-12(13)15)4-6-14(18)19/h3-7,10H,9H2,1-2H3,(H,18,19)/b6-4+. The van der Waals surface area contributed by atoms with E-state index in [4.69, 9.17) is 10.4 Å². The molecule has 0 bridgehead atoms. The summed E-state index contributed by atoms with van der Waals surface area (Å²) in [5, 5.41) is 17.2. The highest BCUT2D eigenvalue weighted by atomic mass is 19.1. The Morgan fingerprint density at radius 3 is 2.84 bits per heavy atom. The third-order valence-electron chi connectivity index (χ3n) is 2.57. The van der Waals surface area contributed by atoms with Crippen LogP contribution in [0.1, 0.15) is 12.5 Å². The average molecular weight is 262 g/mol. The Morgan fingerprint density at radius 2 is 2.32 bits per heavy atom. The second-order valence-electron chi connectivity index (χ2n) is 4.29. The minimum atomic E-state index is -1.08. The largest absolute Gasteiger partial charge is 0.478 e. The zero-order chi connectivity index (χ0) is 14.4. The fourth-order valence-corrected chi connectivity index (χ4v) is 1.65. The Kier molecular flexibility index (Phi) is 5.07. The first kappa shape index (κ1) is 14.7. The van der Waals surface area contributed by atoms with E-state index >= 15 is 0 Å². The highest BCUT2D eigenvalue weighted by Crippen LogP contribution is 2.21. The quantitative estimate of drug-likeness (QED) is 0.828. The normalized spacial score (nSPS) is 12.1. The predicted octanol–water partition coefficient (Wildman–Crippen LogP) is 2.52. The molecule has 0 spiro atoms. The molecule has 5 heteroatoms. The third-order valence-corrected chi connectivity index (χ3v) is 2.57. The van der Waals surface area contributed by atoms with E-state index in [1.807, 2.05) is 0 Å². The number of halogens is 1. The number of carboxylic acids is 1. The molecule has 0 fully saturated rings. The summed E-state index contributed by atoms with van der Waals surface area (Å²) in [5.74, 6) is -1.72. The lowest BCUT2D eigenvalue weighted by atomic mass is 10.1. The molecule has 1 aromatic rings. The summed E-state index contributed by atoms with van der Waals surface area (Å²) in [6.45, 7) is 2.19. The third kappa shape index (κ3) is 4.43. The molecule has 19 heavy (non-hydrogen) atoms. The molecule has 0 saturated carbocycles. The van der Waals surface area contributed by atoms with Crippen molar-refractivity contribution in [2.24, 2.45) is 5.92 Å². The van der Waals surface area contributed by atoms with Gasteiger partial charge in [-0.3, -0.25) is 0 Å². The van der Waals surface area contributed by atoms with E-state index in [1.54, 1.807) is 31.0 Å². The van der Waals surface area contributed by atoms with E-state index in [0.29, 0.717) is 17.8 Å². The van der Waals surface area contributed by atoms with Crippen molar-refractivity contribution in [1.82, 2.24) is 0 Å². The van der Waals surface area contributed by atoms with Crippen molar-refractivity contribution in [3.63, 3.8) is 0 Å². The maximum Gasteiger partial charge on any atom is 0.328 e. The maximum absolute atomic E-state index is 13.9. The Balaban J connectivity index is 2.88. The Morgan fingerprint density at radius 1 is 1.63 bits per heavy atom. The lowest BCUT2D eigenvalue weighted by Crippen LogP contribution is -2.24. The molecule has 0 amide bonds. The van der Waals surface area contributed by atoms with Crippen LogP contribution in [0.25, 0.3) is 6.08 Å². The summed E-state index contributed by atoms with van der Waals surface area (Å²) in [4.78, 5) is 12.0. The topological polar surface area (TPSA) is 64.3 Å². The molecule has 1 unspecified atom stereocenters. The molecular formula is C14H15FN2O2. The second-order valence-corrected chi connectivity index (χ2v) is 4.29. The lowest BCUT2D eigenvalue weighted by Gasteiger charge is -2.21. The molecule has 0 heterocycles. The van der Waals surface area contributed by atoms with Crippen LogP contribution in [0.15, 0.2) is 24.3 Å². The van der Waals surface area contributed by atoms with E-state index in [0.717, 1.165) is 6.08 Å². The van der Waals surface area contributed by atoms with E-state index in [9.17, 15) is 9.18 Å². The first-order valence-electron chi connectivity index (χ1n) is 5.75. The molecular weight excluding hydrogens is 247 g/mol. The molecule has 0 saturated heterocycles. The summed E-state index contributed by atoms with van der Waals surface area (Å²) in [5.41, 5.74) is 0.861. The minimum Gasteiger partial charge on any atom is -0.478 e. The van der Waals surface area contributed by atoms with Gasteiger partial charge in [0.1, 0.15) is 5.82 Å². The van der Waals surface area contributed by atoms with Gasteiger partial charge in [0.05, 0.1) is 17.7 Å². The highest BCUT2D eigenvalue weighted by molar-refractivity contribution is 5.85. The smallest absolute Gasteiger partial charge is 0.328 e. The van der Waals surface area contributed by atoms with Crippen LogP contribution in [0.5, 0.6) is 0 Å². The first-order valence-corrected chi connectivity index (χ1v) is 5.75. The molecule has 0 aliphatic rings. The molecule has 1 atom stereocenters. The average Bonchev–Trinajstić information content (AvgIpc) is 2.35. The van der Waals surface area contributed by atoms with Crippen molar-refractivity contribution in [1.29, 1.82) is 5.26 Å². The van der Waals surface area contributed by atoms with Gasteiger partial charge < -0.3 is 10.0 Å². The fourth-order valence-electron chi connectivity index (χ4n) is 1.65. The maximum atomic E-state index is 13.9. The van der Waals surface area contributed by atoms with Gasteiger partial charge in [-0.2, -0.15) is 5.26 Å². The van der Waals surface area contributed by atoms with Gasteiger partial charge >= 0.3 is 5.97 Å². The Bertz CT molecular complexity index is 535. The molecule has 0 radical (unpaired) electrons. The summed E-state index contributed by atoms with van der Waals surface area (Å²) in [7, 11) is 1.71. The lowest BCUT2D eigenvalue weighted by molar-refractivity contribution is -0.131. The predicted molar refractivity (Wildman–Crippen MR) is 71.1 cm³/mol. The molecule has 0 aromatic heterocycles. The number of rotatable bonds is 5. The van der Waals surface area contributed by atoms with Crippen LogP contribution in [0.2, 0.25) is 0 Å². The number of hydrogen-bond acceptors (Lipinski definition) is 3. The van der Waals surface area contributed by atoms with Gasteiger partial charge in [-0.1, -0.05) is 6.07 Å². The van der Waals surface area contributed by atoms with Gasteiger partial charge in [-0.25, -0.2) is 9.18 Å². The molecule has 0 aliphatic heterocycles. The molecule has 4 nitrogen and oxygen atoms in total. The van der Waals surface area contributed by atoms with Crippen molar-refractivity contribution in [3.05, 3.63) is 35.7 Å². The van der Waals surface area contributed by atoms with Gasteiger partial charge in [-0.05, 0) is 30.7 Å². The molecule has 100 valence electrons. The van der Waals surface area contributed by atoms with Crippen molar-refractivity contribution in [2.45, 2.75) is 6.92 Å². The molecule has 1 N–H and O–H groups in total. The summed E-state index contributed by atoms with van der Waals surface area (Å²) < 4.78 is 13.9. The van der Waals surface area contributed by atoms with Crippen LogP contribution in [0.4, 0.5) is 10.1 Å². The number of nitriles is 1. The van der Waals surface area contributed by atoms with Gasteiger partial charge in [0.25, 0.3) is 0 Å². The second kappa shape index (κ2) is 6.55. The van der Waals surface area contributed by atoms with Gasteiger partial charge in [-0.15, -0.1) is 0 Å². The van der Waals surface area contributed by atoms with Gasteiger partial charge in [0.15, 0.2) is 0 Å². The summed E-state index contributed by atoms with van der Waals surface area (Å²) in [6.07, 6.45) is 2.28.